The first kappa shape index (κ1) is 14.7. The Hall–Kier alpha value is -1.31. The van der Waals surface area contributed by atoms with Crippen LogP contribution < -0.4 is 5.73 Å². The van der Waals surface area contributed by atoms with E-state index >= 15 is 0 Å². The lowest BCUT2D eigenvalue weighted by atomic mass is 9.99. The van der Waals surface area contributed by atoms with Gasteiger partial charge in [-0.3, -0.25) is 0 Å². The largest absolute Gasteiger partial charge is 0.455 e. The monoisotopic (exact) mass is 275 g/mol. The fourth-order valence-electron chi connectivity index (χ4n) is 1.27. The molecular weight excluding hydrogens is 267 g/mol. The maximum Gasteiger partial charge on any atom is 0.455 e. The number of nitrogens with two attached hydrogens (primary N) is 1. The van der Waals surface area contributed by atoms with Gasteiger partial charge in [0.05, 0.1) is 0 Å². The number of benzene rings is 1. The van der Waals surface area contributed by atoms with Crippen LogP contribution >= 0.6 is 0 Å². The first-order valence-corrected chi connectivity index (χ1v) is 4.64. The molecule has 18 heavy (non-hydrogen) atoms. The number of aryl methyl sites for hydroxylation is 1. The SMILES string of the molecule is Cc1ccc([C@H](N)C(F)(F)C(F)(F)F)c(F)c1F. The molecule has 0 radical (unpaired) electrons. The molecule has 102 valence electrons. The third-order valence-corrected chi connectivity index (χ3v) is 2.41. The van der Waals surface area contributed by atoms with Crippen LogP contribution in [-0.2, 0) is 0 Å². The molecule has 1 atom stereocenters. The highest BCUT2D eigenvalue weighted by molar-refractivity contribution is 5.29. The summed E-state index contributed by atoms with van der Waals surface area (Å²) in [4.78, 5) is 0. The predicted molar refractivity (Wildman–Crippen MR) is 49.0 cm³/mol. The van der Waals surface area contributed by atoms with Gasteiger partial charge in [0.1, 0.15) is 6.04 Å². The summed E-state index contributed by atoms with van der Waals surface area (Å²) in [5, 5.41) is 0. The third-order valence-electron chi connectivity index (χ3n) is 2.41. The van der Waals surface area contributed by atoms with Crippen LogP contribution in [-0.4, -0.2) is 12.1 Å². The molecule has 2 N–H and O–H groups in total. The molecule has 0 saturated carbocycles. The van der Waals surface area contributed by atoms with Gasteiger partial charge in [-0.25, -0.2) is 8.78 Å². The molecule has 0 aliphatic carbocycles. The molecule has 0 aliphatic heterocycles. The van der Waals surface area contributed by atoms with Crippen molar-refractivity contribution in [2.24, 2.45) is 5.73 Å². The Labute approximate surface area is 97.4 Å². The van der Waals surface area contributed by atoms with Gasteiger partial charge in [-0.05, 0) is 12.5 Å². The highest BCUT2D eigenvalue weighted by atomic mass is 19.4. The minimum absolute atomic E-state index is 0.223. The molecule has 1 nitrogen and oxygen atoms in total. The van der Waals surface area contributed by atoms with Crippen LogP contribution in [0.3, 0.4) is 0 Å². The van der Waals surface area contributed by atoms with Crippen LogP contribution in [0.2, 0.25) is 0 Å². The Morgan fingerprint density at radius 3 is 1.94 bits per heavy atom. The molecule has 1 rings (SSSR count). The van der Waals surface area contributed by atoms with Gasteiger partial charge >= 0.3 is 12.1 Å². The van der Waals surface area contributed by atoms with Crippen molar-refractivity contribution < 1.29 is 30.7 Å². The van der Waals surface area contributed by atoms with Crippen LogP contribution in [0.25, 0.3) is 0 Å². The summed E-state index contributed by atoms with van der Waals surface area (Å²) in [6.07, 6.45) is -5.94. The molecule has 1 aromatic rings. The first-order valence-electron chi connectivity index (χ1n) is 4.64. The molecule has 1 aromatic carbocycles. The number of alkyl halides is 5. The molecule has 0 heterocycles. The molecule has 8 heteroatoms. The molecule has 0 spiro atoms. The Kier molecular flexibility index (Phi) is 3.62. The zero-order valence-electron chi connectivity index (χ0n) is 8.96. The number of halogens is 7. The average Bonchev–Trinajstić information content (AvgIpc) is 2.24. The van der Waals surface area contributed by atoms with Crippen LogP contribution in [0, 0.1) is 18.6 Å². The second kappa shape index (κ2) is 4.42. The van der Waals surface area contributed by atoms with E-state index in [9.17, 15) is 30.7 Å². The van der Waals surface area contributed by atoms with Gasteiger partial charge in [-0.15, -0.1) is 0 Å². The van der Waals surface area contributed by atoms with Crippen molar-refractivity contribution in [2.75, 3.05) is 0 Å². The Bertz CT molecular complexity index is 452. The topological polar surface area (TPSA) is 26.0 Å². The zero-order chi connectivity index (χ0) is 14.3. The lowest BCUT2D eigenvalue weighted by Gasteiger charge is -2.26. The Balaban J connectivity index is 3.28. The van der Waals surface area contributed by atoms with Gasteiger partial charge in [0.2, 0.25) is 0 Å². The van der Waals surface area contributed by atoms with Crippen molar-refractivity contribution >= 4 is 0 Å². The van der Waals surface area contributed by atoms with Crippen molar-refractivity contribution in [3.8, 4) is 0 Å². The smallest absolute Gasteiger partial charge is 0.319 e. The second-order valence-corrected chi connectivity index (χ2v) is 3.70. The third kappa shape index (κ3) is 2.29. The summed E-state index contributed by atoms with van der Waals surface area (Å²) in [5.74, 6) is -8.65. The van der Waals surface area contributed by atoms with E-state index < -0.39 is 35.3 Å². The lowest BCUT2D eigenvalue weighted by Crippen LogP contribution is -2.46. The van der Waals surface area contributed by atoms with Crippen LogP contribution in [0.4, 0.5) is 30.7 Å². The van der Waals surface area contributed by atoms with Gasteiger partial charge < -0.3 is 5.73 Å². The van der Waals surface area contributed by atoms with Gasteiger partial charge in [-0.2, -0.15) is 22.0 Å². The molecular formula is C10H8F7N. The summed E-state index contributed by atoms with van der Waals surface area (Å²) < 4.78 is 88.2. The summed E-state index contributed by atoms with van der Waals surface area (Å²) in [6.45, 7) is 1.13. The summed E-state index contributed by atoms with van der Waals surface area (Å²) >= 11 is 0. The quantitative estimate of drug-likeness (QED) is 0.822. The number of rotatable bonds is 2. The highest BCUT2D eigenvalue weighted by Gasteiger charge is 2.62. The van der Waals surface area contributed by atoms with E-state index in [4.69, 9.17) is 5.73 Å². The first-order chi connectivity index (χ1) is 8.00. The number of hydrogen-bond acceptors (Lipinski definition) is 1. The van der Waals surface area contributed by atoms with E-state index in [0.29, 0.717) is 6.07 Å². The Morgan fingerprint density at radius 2 is 1.50 bits per heavy atom. The van der Waals surface area contributed by atoms with E-state index in [1.807, 2.05) is 0 Å². The Morgan fingerprint density at radius 1 is 1.00 bits per heavy atom. The fraction of sp³-hybridized carbons (Fsp3) is 0.400. The van der Waals surface area contributed by atoms with Gasteiger partial charge in [0.15, 0.2) is 11.6 Å². The zero-order valence-corrected chi connectivity index (χ0v) is 8.96. The van der Waals surface area contributed by atoms with Gasteiger partial charge in [0, 0.05) is 5.56 Å². The van der Waals surface area contributed by atoms with Crippen molar-refractivity contribution in [3.05, 3.63) is 34.9 Å². The molecule has 0 saturated heterocycles. The summed E-state index contributed by atoms with van der Waals surface area (Å²) in [6, 6.07) is -1.52. The average molecular weight is 275 g/mol. The summed E-state index contributed by atoms with van der Waals surface area (Å²) in [7, 11) is 0. The second-order valence-electron chi connectivity index (χ2n) is 3.70. The minimum Gasteiger partial charge on any atom is -0.319 e. The van der Waals surface area contributed by atoms with Crippen LogP contribution in [0.1, 0.15) is 17.2 Å². The van der Waals surface area contributed by atoms with Crippen LogP contribution in [0.15, 0.2) is 12.1 Å². The lowest BCUT2D eigenvalue weighted by molar-refractivity contribution is -0.291. The van der Waals surface area contributed by atoms with E-state index in [0.717, 1.165) is 13.0 Å². The van der Waals surface area contributed by atoms with Gasteiger partial charge in [-0.1, -0.05) is 12.1 Å². The van der Waals surface area contributed by atoms with Crippen molar-refractivity contribution in [2.45, 2.75) is 25.1 Å². The molecule has 0 bridgehead atoms. The molecule has 0 unspecified atom stereocenters. The normalized spacial score (nSPS) is 14.7. The number of hydrogen-bond donors (Lipinski definition) is 1. The molecule has 0 aliphatic rings. The molecule has 0 aromatic heterocycles. The fourth-order valence-corrected chi connectivity index (χ4v) is 1.27. The van der Waals surface area contributed by atoms with Crippen LogP contribution in [0.5, 0.6) is 0 Å². The highest BCUT2D eigenvalue weighted by Crippen LogP contribution is 2.44. The van der Waals surface area contributed by atoms with Crippen molar-refractivity contribution in [1.82, 2.24) is 0 Å². The maximum absolute atomic E-state index is 13.3. The summed E-state index contributed by atoms with van der Waals surface area (Å²) in [5.41, 5.74) is 3.26. The van der Waals surface area contributed by atoms with E-state index in [1.54, 1.807) is 0 Å². The predicted octanol–water partition coefficient (Wildman–Crippen LogP) is 3.47. The van der Waals surface area contributed by atoms with Gasteiger partial charge in [0.25, 0.3) is 0 Å². The van der Waals surface area contributed by atoms with Crippen molar-refractivity contribution in [3.63, 3.8) is 0 Å². The van der Waals surface area contributed by atoms with E-state index in [-0.39, 0.29) is 5.56 Å². The van der Waals surface area contributed by atoms with Crippen molar-refractivity contribution in [1.29, 1.82) is 0 Å². The van der Waals surface area contributed by atoms with E-state index in [1.165, 1.54) is 0 Å². The maximum atomic E-state index is 13.3. The van der Waals surface area contributed by atoms with E-state index in [2.05, 4.69) is 0 Å². The molecule has 0 amide bonds. The standard InChI is InChI=1S/C10H8F7N/c1-4-2-3-5(7(12)6(4)11)8(18)9(13,14)10(15,16)17/h2-3,8H,18H2,1H3/t8-/m0/s1. The minimum atomic E-state index is -5.94. The molecule has 0 fully saturated rings.